The van der Waals surface area contributed by atoms with Crippen LogP contribution >= 0.6 is 0 Å². The Kier molecular flexibility index (Phi) is 22.8. The molecule has 0 fully saturated rings. The van der Waals surface area contributed by atoms with E-state index in [4.69, 9.17) is 0 Å². The standard InChI is InChI=1S/C52H72O6S2/c1-39(2)23-19-25-41(5)27-21-29-43(7)37-49(59(55,56)47-33-13-11-14-34-47)51(53)45(9)31-17-18-32-46(10)52(54)50(60(57,58)48-35-15-12-16-36-48)38-44(8)30-22-28-42(6)26-20-24-40(3)4/h11-18,21-24,27-30,33-38,45-46,49-54H,19-20,25-26,31-32H2,1-10H3/b18-17+,29-21+,30-22+,41-27+,42-28+,43-37+,44-38+. The number of aliphatic hydroxyl groups is 2. The van der Waals surface area contributed by atoms with Gasteiger partial charge in [0.25, 0.3) is 0 Å². The highest BCUT2D eigenvalue weighted by molar-refractivity contribution is 7.92. The molecule has 328 valence electrons. The Morgan fingerprint density at radius 2 is 0.883 bits per heavy atom. The van der Waals surface area contributed by atoms with Gasteiger partial charge in [0.15, 0.2) is 19.7 Å². The molecular weight excluding hydrogens is 785 g/mol. The van der Waals surface area contributed by atoms with E-state index in [0.717, 1.165) is 36.8 Å². The highest BCUT2D eigenvalue weighted by Crippen LogP contribution is 2.28. The number of hydrogen-bond donors (Lipinski definition) is 2. The molecule has 0 radical (unpaired) electrons. The maximum atomic E-state index is 14.0. The van der Waals surface area contributed by atoms with Crippen LogP contribution in [0, 0.1) is 11.8 Å². The predicted molar refractivity (Wildman–Crippen MR) is 254 cm³/mol. The Bertz CT molecular complexity index is 1970. The molecule has 2 rings (SSSR count). The van der Waals surface area contributed by atoms with Crippen LogP contribution in [0.5, 0.6) is 0 Å². The Morgan fingerprint density at radius 3 is 1.20 bits per heavy atom. The van der Waals surface area contributed by atoms with Crippen molar-refractivity contribution >= 4 is 19.7 Å². The monoisotopic (exact) mass is 856 g/mol. The van der Waals surface area contributed by atoms with Crippen LogP contribution < -0.4 is 0 Å². The first kappa shape index (κ1) is 52.1. The van der Waals surface area contributed by atoms with E-state index in [1.54, 1.807) is 72.8 Å². The van der Waals surface area contributed by atoms with Gasteiger partial charge in [0.2, 0.25) is 0 Å². The molecule has 0 aromatic heterocycles. The van der Waals surface area contributed by atoms with Gasteiger partial charge in [-0.05, 0) is 130 Å². The van der Waals surface area contributed by atoms with Gasteiger partial charge < -0.3 is 10.2 Å². The van der Waals surface area contributed by atoms with E-state index >= 15 is 0 Å². The molecule has 2 N–H and O–H groups in total. The molecule has 0 amide bonds. The van der Waals surface area contributed by atoms with Gasteiger partial charge in [-0.3, -0.25) is 0 Å². The van der Waals surface area contributed by atoms with Crippen LogP contribution in [0.1, 0.15) is 108 Å². The third-order valence-corrected chi connectivity index (χ3v) is 14.5. The summed E-state index contributed by atoms with van der Waals surface area (Å²) in [5.74, 6) is -0.882. The van der Waals surface area contributed by atoms with Crippen LogP contribution in [-0.2, 0) is 19.7 Å². The maximum absolute atomic E-state index is 14.0. The Balaban J connectivity index is 2.29. The molecule has 0 spiro atoms. The van der Waals surface area contributed by atoms with Crippen LogP contribution in [0.25, 0.3) is 0 Å². The second-order valence-electron chi connectivity index (χ2n) is 16.7. The van der Waals surface area contributed by atoms with Gasteiger partial charge in [0.1, 0.15) is 10.5 Å². The van der Waals surface area contributed by atoms with Crippen molar-refractivity contribution in [3.8, 4) is 0 Å². The van der Waals surface area contributed by atoms with Crippen LogP contribution in [0.4, 0.5) is 0 Å². The summed E-state index contributed by atoms with van der Waals surface area (Å²) in [5.41, 5.74) is 6.44. The van der Waals surface area contributed by atoms with E-state index in [0.29, 0.717) is 12.8 Å². The molecule has 6 unspecified atom stereocenters. The van der Waals surface area contributed by atoms with Crippen LogP contribution in [-0.4, -0.2) is 49.8 Å². The van der Waals surface area contributed by atoms with Gasteiger partial charge in [-0.25, -0.2) is 16.8 Å². The lowest BCUT2D eigenvalue weighted by Gasteiger charge is -2.26. The highest BCUT2D eigenvalue weighted by atomic mass is 32.2. The molecule has 2 aromatic carbocycles. The normalized spacial score (nSPS) is 16.8. The van der Waals surface area contributed by atoms with E-state index in [-0.39, 0.29) is 9.79 Å². The van der Waals surface area contributed by atoms with Crippen molar-refractivity contribution in [2.45, 2.75) is 140 Å². The molecule has 0 aliphatic heterocycles. The highest BCUT2D eigenvalue weighted by Gasteiger charge is 2.36. The van der Waals surface area contributed by atoms with E-state index in [2.05, 4.69) is 53.7 Å². The third kappa shape index (κ3) is 18.3. The van der Waals surface area contributed by atoms with Crippen molar-refractivity contribution in [3.05, 3.63) is 167 Å². The van der Waals surface area contributed by atoms with Gasteiger partial charge >= 0.3 is 0 Å². The number of sulfone groups is 2. The molecule has 0 saturated carbocycles. The molecule has 6 atom stereocenters. The molecule has 60 heavy (non-hydrogen) atoms. The number of rotatable bonds is 24. The van der Waals surface area contributed by atoms with Crippen molar-refractivity contribution < 1.29 is 27.0 Å². The van der Waals surface area contributed by atoms with E-state index < -0.39 is 54.2 Å². The molecule has 8 heteroatoms. The number of aliphatic hydroxyl groups excluding tert-OH is 2. The Morgan fingerprint density at radius 1 is 0.550 bits per heavy atom. The average Bonchev–Trinajstić information content (AvgIpc) is 3.20. The minimum atomic E-state index is -3.94. The van der Waals surface area contributed by atoms with Crippen LogP contribution in [0.2, 0.25) is 0 Å². The number of allylic oxidation sites excluding steroid dienone is 16. The van der Waals surface area contributed by atoms with E-state index in [1.165, 1.54) is 22.3 Å². The lowest BCUT2D eigenvalue weighted by Crippen LogP contribution is -2.37. The third-order valence-electron chi connectivity index (χ3n) is 10.4. The quantitative estimate of drug-likeness (QED) is 0.0804. The second-order valence-corrected chi connectivity index (χ2v) is 20.9. The zero-order valence-electron chi connectivity index (χ0n) is 37.8. The minimum absolute atomic E-state index is 0.143. The topological polar surface area (TPSA) is 109 Å². The van der Waals surface area contributed by atoms with E-state index in [9.17, 15) is 27.0 Å². The summed E-state index contributed by atoms with van der Waals surface area (Å²) in [6.45, 7) is 19.8. The largest absolute Gasteiger partial charge is 0.391 e. The van der Waals surface area contributed by atoms with Crippen molar-refractivity contribution in [2.75, 3.05) is 0 Å². The zero-order chi connectivity index (χ0) is 44.9. The van der Waals surface area contributed by atoms with Crippen LogP contribution in [0.15, 0.2) is 177 Å². The zero-order valence-corrected chi connectivity index (χ0v) is 39.4. The average molecular weight is 857 g/mol. The summed E-state index contributed by atoms with van der Waals surface area (Å²) in [6.07, 6.45) is 25.2. The van der Waals surface area contributed by atoms with Crippen molar-refractivity contribution in [1.82, 2.24) is 0 Å². The summed E-state index contributed by atoms with van der Waals surface area (Å²) >= 11 is 0. The van der Waals surface area contributed by atoms with Gasteiger partial charge in [-0.1, -0.05) is 157 Å². The lowest BCUT2D eigenvalue weighted by molar-refractivity contribution is 0.121. The first-order valence-electron chi connectivity index (χ1n) is 21.2. The first-order valence-corrected chi connectivity index (χ1v) is 24.3. The summed E-state index contributed by atoms with van der Waals surface area (Å²) in [5, 5.41) is 20.9. The molecule has 0 aliphatic rings. The fraction of sp³-hybridized carbons (Fsp3) is 0.423. The molecule has 2 aromatic rings. The Labute approximate surface area is 364 Å². The summed E-state index contributed by atoms with van der Waals surface area (Å²) in [6, 6.07) is 16.4. The maximum Gasteiger partial charge on any atom is 0.187 e. The summed E-state index contributed by atoms with van der Waals surface area (Å²) < 4.78 is 55.9. The van der Waals surface area contributed by atoms with Gasteiger partial charge in [0, 0.05) is 0 Å². The molecule has 6 nitrogen and oxygen atoms in total. The van der Waals surface area contributed by atoms with E-state index in [1.807, 2.05) is 76.3 Å². The van der Waals surface area contributed by atoms with Gasteiger partial charge in [-0.2, -0.15) is 0 Å². The van der Waals surface area contributed by atoms with Crippen molar-refractivity contribution in [3.63, 3.8) is 0 Å². The van der Waals surface area contributed by atoms with Crippen molar-refractivity contribution in [1.29, 1.82) is 0 Å². The Hall–Kier alpha value is -4.08. The first-order chi connectivity index (χ1) is 28.3. The molecule has 0 saturated heterocycles. The number of hydrogen-bond acceptors (Lipinski definition) is 6. The molecule has 0 heterocycles. The summed E-state index contributed by atoms with van der Waals surface area (Å²) in [4.78, 5) is 0.285. The fourth-order valence-corrected chi connectivity index (χ4v) is 10.3. The van der Waals surface area contributed by atoms with Gasteiger partial charge in [-0.15, -0.1) is 0 Å². The smallest absolute Gasteiger partial charge is 0.187 e. The fourth-order valence-electron chi connectivity index (χ4n) is 6.53. The molecule has 0 bridgehead atoms. The minimum Gasteiger partial charge on any atom is -0.391 e. The molecule has 0 aliphatic carbocycles. The van der Waals surface area contributed by atoms with Gasteiger partial charge in [0.05, 0.1) is 22.0 Å². The second kappa shape index (κ2) is 26.3. The molecular formula is C52H72O6S2. The lowest BCUT2D eigenvalue weighted by atomic mass is 9.94. The van der Waals surface area contributed by atoms with Crippen molar-refractivity contribution in [2.24, 2.45) is 11.8 Å². The SMILES string of the molecule is CC(C)=CCC/C(C)=C/C=C/C(C)=C/C(C(O)C(C)C/C=C/CC(C)C(O)C(/C=C(C)/C=C/C=C(\C)CCC=C(C)C)S(=O)(=O)c1ccccc1)S(=O)(=O)c1ccccc1. The predicted octanol–water partition coefficient (Wildman–Crippen LogP) is 12.4. The summed E-state index contributed by atoms with van der Waals surface area (Å²) in [7, 11) is -7.89. The number of benzene rings is 2. The van der Waals surface area contributed by atoms with Crippen LogP contribution in [0.3, 0.4) is 0 Å².